The second kappa shape index (κ2) is 5.98. The van der Waals surface area contributed by atoms with Crippen LogP contribution in [0.3, 0.4) is 0 Å². The van der Waals surface area contributed by atoms with Crippen molar-refractivity contribution >= 4 is 0 Å². The Balaban J connectivity index is 2.41. The molecule has 2 rings (SSSR count). The van der Waals surface area contributed by atoms with Gasteiger partial charge in [0.05, 0.1) is 6.04 Å². The van der Waals surface area contributed by atoms with Crippen molar-refractivity contribution in [2.45, 2.75) is 33.7 Å². The number of nitrogens with zero attached hydrogens (tertiary/aromatic N) is 1. The SMILES string of the molecule is CCNC(c1ccc(C)cc1)c1ccc(C)nc1C. The maximum absolute atomic E-state index is 4.58. The molecule has 0 bridgehead atoms. The molecular weight excluding hydrogens is 232 g/mol. The molecule has 19 heavy (non-hydrogen) atoms. The highest BCUT2D eigenvalue weighted by atomic mass is 14.9. The molecule has 1 heterocycles. The average Bonchev–Trinajstić information content (AvgIpc) is 2.38. The average molecular weight is 254 g/mol. The topological polar surface area (TPSA) is 24.9 Å². The Hall–Kier alpha value is -1.67. The Labute approximate surface area is 115 Å². The van der Waals surface area contributed by atoms with E-state index < -0.39 is 0 Å². The fourth-order valence-corrected chi connectivity index (χ4v) is 2.37. The third-order valence-electron chi connectivity index (χ3n) is 3.40. The molecule has 0 aliphatic carbocycles. The zero-order chi connectivity index (χ0) is 13.8. The molecule has 2 nitrogen and oxygen atoms in total. The van der Waals surface area contributed by atoms with Gasteiger partial charge in [-0.3, -0.25) is 4.98 Å². The van der Waals surface area contributed by atoms with Crippen LogP contribution >= 0.6 is 0 Å². The summed E-state index contributed by atoms with van der Waals surface area (Å²) >= 11 is 0. The Morgan fingerprint density at radius 2 is 1.68 bits per heavy atom. The van der Waals surface area contributed by atoms with E-state index in [0.717, 1.165) is 17.9 Å². The molecule has 1 atom stereocenters. The van der Waals surface area contributed by atoms with Crippen LogP contribution in [0.2, 0.25) is 0 Å². The van der Waals surface area contributed by atoms with Gasteiger partial charge < -0.3 is 5.32 Å². The van der Waals surface area contributed by atoms with E-state index >= 15 is 0 Å². The van der Waals surface area contributed by atoms with Crippen LogP contribution in [0.1, 0.15) is 41.0 Å². The second-order valence-electron chi connectivity index (χ2n) is 5.03. The molecule has 0 saturated heterocycles. The minimum atomic E-state index is 0.221. The minimum absolute atomic E-state index is 0.221. The van der Waals surface area contributed by atoms with Gasteiger partial charge in [0.1, 0.15) is 0 Å². The van der Waals surface area contributed by atoms with Gasteiger partial charge in [0, 0.05) is 11.4 Å². The highest BCUT2D eigenvalue weighted by Gasteiger charge is 2.15. The summed E-state index contributed by atoms with van der Waals surface area (Å²) in [6, 6.07) is 13.2. The van der Waals surface area contributed by atoms with E-state index in [1.807, 2.05) is 6.92 Å². The summed E-state index contributed by atoms with van der Waals surface area (Å²) in [5.41, 5.74) is 6.02. The van der Waals surface area contributed by atoms with Gasteiger partial charge in [0.2, 0.25) is 0 Å². The van der Waals surface area contributed by atoms with Gasteiger partial charge in [-0.05, 0) is 44.5 Å². The molecule has 0 fully saturated rings. The first-order valence-corrected chi connectivity index (χ1v) is 6.86. The van der Waals surface area contributed by atoms with Gasteiger partial charge >= 0.3 is 0 Å². The summed E-state index contributed by atoms with van der Waals surface area (Å²) in [4.78, 5) is 4.58. The first kappa shape index (κ1) is 13.8. The van der Waals surface area contributed by atoms with Crippen molar-refractivity contribution in [1.29, 1.82) is 0 Å². The molecule has 0 spiro atoms. The highest BCUT2D eigenvalue weighted by molar-refractivity contribution is 5.35. The molecule has 0 amide bonds. The number of hydrogen-bond acceptors (Lipinski definition) is 2. The number of aromatic nitrogens is 1. The monoisotopic (exact) mass is 254 g/mol. The summed E-state index contributed by atoms with van der Waals surface area (Å²) in [6.45, 7) is 9.31. The Kier molecular flexibility index (Phi) is 4.33. The Morgan fingerprint density at radius 3 is 2.26 bits per heavy atom. The molecule has 0 radical (unpaired) electrons. The van der Waals surface area contributed by atoms with Crippen molar-refractivity contribution in [2.75, 3.05) is 6.54 Å². The summed E-state index contributed by atoms with van der Waals surface area (Å²) in [7, 11) is 0. The van der Waals surface area contributed by atoms with E-state index in [1.54, 1.807) is 0 Å². The van der Waals surface area contributed by atoms with Crippen LogP contribution in [0.15, 0.2) is 36.4 Å². The minimum Gasteiger partial charge on any atom is -0.306 e. The van der Waals surface area contributed by atoms with Crippen molar-refractivity contribution in [2.24, 2.45) is 0 Å². The molecular formula is C17H22N2. The lowest BCUT2D eigenvalue weighted by molar-refractivity contribution is 0.624. The van der Waals surface area contributed by atoms with Gasteiger partial charge in [-0.15, -0.1) is 0 Å². The van der Waals surface area contributed by atoms with Crippen LogP contribution < -0.4 is 5.32 Å². The maximum Gasteiger partial charge on any atom is 0.0594 e. The van der Waals surface area contributed by atoms with E-state index in [9.17, 15) is 0 Å². The first-order valence-electron chi connectivity index (χ1n) is 6.86. The van der Waals surface area contributed by atoms with E-state index in [1.165, 1.54) is 16.7 Å². The van der Waals surface area contributed by atoms with Crippen LogP contribution in [0.25, 0.3) is 0 Å². The van der Waals surface area contributed by atoms with Crippen molar-refractivity contribution in [3.05, 3.63) is 64.5 Å². The molecule has 0 saturated carbocycles. The first-order chi connectivity index (χ1) is 9.11. The van der Waals surface area contributed by atoms with E-state index in [2.05, 4.69) is 67.5 Å². The van der Waals surface area contributed by atoms with Crippen molar-refractivity contribution in [1.82, 2.24) is 10.3 Å². The van der Waals surface area contributed by atoms with Crippen molar-refractivity contribution < 1.29 is 0 Å². The van der Waals surface area contributed by atoms with Gasteiger partial charge in [-0.25, -0.2) is 0 Å². The standard InChI is InChI=1S/C17H22N2/c1-5-18-17(15-9-6-12(2)7-10-15)16-11-8-13(3)19-14(16)4/h6-11,17-18H,5H2,1-4H3. The molecule has 0 aliphatic rings. The summed E-state index contributed by atoms with van der Waals surface area (Å²) in [6.07, 6.45) is 0. The fraction of sp³-hybridized carbons (Fsp3) is 0.353. The fourth-order valence-electron chi connectivity index (χ4n) is 2.37. The molecule has 1 unspecified atom stereocenters. The molecule has 1 aromatic heterocycles. The van der Waals surface area contributed by atoms with E-state index in [-0.39, 0.29) is 6.04 Å². The number of aryl methyl sites for hydroxylation is 3. The summed E-state index contributed by atoms with van der Waals surface area (Å²) in [5, 5.41) is 3.55. The van der Waals surface area contributed by atoms with Crippen LogP contribution in [0, 0.1) is 20.8 Å². The van der Waals surface area contributed by atoms with Crippen LogP contribution in [0.4, 0.5) is 0 Å². The number of pyridine rings is 1. The second-order valence-corrected chi connectivity index (χ2v) is 5.03. The van der Waals surface area contributed by atoms with E-state index in [0.29, 0.717) is 0 Å². The van der Waals surface area contributed by atoms with Crippen LogP contribution in [-0.2, 0) is 0 Å². The molecule has 0 aliphatic heterocycles. The van der Waals surface area contributed by atoms with E-state index in [4.69, 9.17) is 0 Å². The molecule has 1 N–H and O–H groups in total. The third kappa shape index (κ3) is 3.21. The number of hydrogen-bond donors (Lipinski definition) is 1. The van der Waals surface area contributed by atoms with Crippen molar-refractivity contribution in [3.8, 4) is 0 Å². The normalized spacial score (nSPS) is 12.4. The van der Waals surface area contributed by atoms with Gasteiger partial charge in [0.15, 0.2) is 0 Å². The molecule has 100 valence electrons. The lowest BCUT2D eigenvalue weighted by Gasteiger charge is -2.21. The number of benzene rings is 1. The number of rotatable bonds is 4. The lowest BCUT2D eigenvalue weighted by atomic mass is 9.96. The Morgan fingerprint density at radius 1 is 1.00 bits per heavy atom. The van der Waals surface area contributed by atoms with Crippen LogP contribution in [-0.4, -0.2) is 11.5 Å². The quantitative estimate of drug-likeness (QED) is 0.899. The Bertz CT molecular complexity index is 544. The lowest BCUT2D eigenvalue weighted by Crippen LogP contribution is -2.23. The maximum atomic E-state index is 4.58. The zero-order valence-electron chi connectivity index (χ0n) is 12.2. The number of nitrogens with one attached hydrogen (secondary N) is 1. The largest absolute Gasteiger partial charge is 0.306 e. The summed E-state index contributed by atoms with van der Waals surface area (Å²) in [5.74, 6) is 0. The highest BCUT2D eigenvalue weighted by Crippen LogP contribution is 2.24. The zero-order valence-corrected chi connectivity index (χ0v) is 12.2. The molecule has 2 aromatic rings. The predicted octanol–water partition coefficient (Wildman–Crippen LogP) is 3.71. The van der Waals surface area contributed by atoms with Gasteiger partial charge in [-0.1, -0.05) is 42.8 Å². The molecule has 2 heteroatoms. The van der Waals surface area contributed by atoms with Gasteiger partial charge in [0.25, 0.3) is 0 Å². The van der Waals surface area contributed by atoms with Crippen molar-refractivity contribution in [3.63, 3.8) is 0 Å². The van der Waals surface area contributed by atoms with Gasteiger partial charge in [-0.2, -0.15) is 0 Å². The smallest absolute Gasteiger partial charge is 0.0594 e. The summed E-state index contributed by atoms with van der Waals surface area (Å²) < 4.78 is 0. The molecule has 1 aromatic carbocycles. The third-order valence-corrected chi connectivity index (χ3v) is 3.40. The van der Waals surface area contributed by atoms with Crippen LogP contribution in [0.5, 0.6) is 0 Å². The predicted molar refractivity (Wildman–Crippen MR) is 80.4 cm³/mol.